The van der Waals surface area contributed by atoms with Gasteiger partial charge in [0.05, 0.1) is 12.2 Å². The fourth-order valence-electron chi connectivity index (χ4n) is 4.42. The number of hydrogen-bond donors (Lipinski definition) is 1. The average molecular weight is 417 g/mol. The van der Waals surface area contributed by atoms with Crippen molar-refractivity contribution in [3.8, 4) is 11.3 Å². The van der Waals surface area contributed by atoms with E-state index in [-0.39, 0.29) is 12.4 Å². The fraction of sp³-hybridized carbons (Fsp3) is 0.429. The lowest BCUT2D eigenvalue weighted by Gasteiger charge is -2.28. The highest BCUT2D eigenvalue weighted by atomic mass is 35.5. The first-order valence-electron chi connectivity index (χ1n) is 9.67. The van der Waals surface area contributed by atoms with Crippen LogP contribution in [-0.4, -0.2) is 34.2 Å². The molecule has 7 heteroatoms. The van der Waals surface area contributed by atoms with Crippen LogP contribution in [0.15, 0.2) is 52.5 Å². The van der Waals surface area contributed by atoms with Gasteiger partial charge in [0.15, 0.2) is 5.76 Å². The van der Waals surface area contributed by atoms with Gasteiger partial charge in [0.2, 0.25) is 0 Å². The van der Waals surface area contributed by atoms with E-state index in [9.17, 15) is 0 Å². The van der Waals surface area contributed by atoms with Gasteiger partial charge in [-0.15, -0.1) is 23.7 Å². The summed E-state index contributed by atoms with van der Waals surface area (Å²) in [7, 11) is 0. The van der Waals surface area contributed by atoms with Gasteiger partial charge in [0, 0.05) is 35.8 Å². The predicted octanol–water partition coefficient (Wildman–Crippen LogP) is 4.36. The third kappa shape index (κ3) is 4.01. The van der Waals surface area contributed by atoms with Gasteiger partial charge in [-0.2, -0.15) is 0 Å². The molecule has 3 aromatic rings. The van der Waals surface area contributed by atoms with Crippen LogP contribution in [0.1, 0.15) is 30.0 Å². The van der Waals surface area contributed by atoms with Gasteiger partial charge in [-0.1, -0.05) is 35.5 Å². The Labute approximate surface area is 175 Å². The first-order chi connectivity index (χ1) is 13.3. The van der Waals surface area contributed by atoms with E-state index in [1.165, 1.54) is 24.3 Å². The smallest absolute Gasteiger partial charge is 0.167 e. The van der Waals surface area contributed by atoms with E-state index in [4.69, 9.17) is 4.52 Å². The van der Waals surface area contributed by atoms with Gasteiger partial charge in [-0.05, 0) is 37.8 Å². The van der Waals surface area contributed by atoms with Crippen molar-refractivity contribution in [2.75, 3.05) is 13.1 Å². The predicted molar refractivity (Wildman–Crippen MR) is 113 cm³/mol. The minimum absolute atomic E-state index is 0. The minimum Gasteiger partial charge on any atom is -0.356 e. The maximum Gasteiger partial charge on any atom is 0.167 e. The Bertz CT molecular complexity index is 877. The normalized spacial score (nSPS) is 20.2. The van der Waals surface area contributed by atoms with Crippen LogP contribution in [0.25, 0.3) is 11.3 Å². The van der Waals surface area contributed by atoms with Crippen molar-refractivity contribution >= 4 is 23.7 Å². The Morgan fingerprint density at radius 1 is 1.18 bits per heavy atom. The van der Waals surface area contributed by atoms with Crippen LogP contribution in [0, 0.1) is 5.41 Å². The van der Waals surface area contributed by atoms with Crippen LogP contribution < -0.4 is 5.32 Å². The van der Waals surface area contributed by atoms with Crippen molar-refractivity contribution in [2.45, 2.75) is 38.4 Å². The van der Waals surface area contributed by atoms with Gasteiger partial charge < -0.3 is 9.84 Å². The average Bonchev–Trinajstić information content (AvgIpc) is 3.10. The third-order valence-electron chi connectivity index (χ3n) is 5.99. The maximum atomic E-state index is 5.62. The molecule has 1 aromatic carbocycles. The fourth-order valence-corrected chi connectivity index (χ4v) is 5.06. The SMILES string of the molecule is Cl.c1ccc(-c2cc(CN(Cc3nccs3)C3CC34CCNCC4)no2)cc1. The minimum atomic E-state index is 0. The third-order valence-corrected chi connectivity index (χ3v) is 6.76. The van der Waals surface area contributed by atoms with Crippen LogP contribution >= 0.6 is 23.7 Å². The van der Waals surface area contributed by atoms with Crippen molar-refractivity contribution in [3.63, 3.8) is 0 Å². The molecule has 1 aliphatic heterocycles. The number of nitrogens with zero attached hydrogens (tertiary/aromatic N) is 3. The van der Waals surface area contributed by atoms with Crippen molar-refractivity contribution < 1.29 is 4.52 Å². The maximum absolute atomic E-state index is 5.62. The molecule has 1 saturated carbocycles. The number of hydrogen-bond acceptors (Lipinski definition) is 6. The van der Waals surface area contributed by atoms with E-state index in [2.05, 4.69) is 43.9 Å². The molecule has 0 radical (unpaired) electrons. The number of thiazole rings is 1. The Balaban J connectivity index is 0.00000192. The largest absolute Gasteiger partial charge is 0.356 e. The summed E-state index contributed by atoms with van der Waals surface area (Å²) in [5, 5.41) is 11.1. The molecule has 1 aliphatic carbocycles. The molecule has 2 aromatic heterocycles. The van der Waals surface area contributed by atoms with E-state index in [0.29, 0.717) is 11.5 Å². The molecule has 1 unspecified atom stereocenters. The van der Waals surface area contributed by atoms with Crippen molar-refractivity contribution in [3.05, 3.63) is 58.7 Å². The molecular formula is C21H25ClN4OS. The molecule has 28 heavy (non-hydrogen) atoms. The molecule has 1 N–H and O–H groups in total. The summed E-state index contributed by atoms with van der Waals surface area (Å²) in [5.74, 6) is 0.840. The van der Waals surface area contributed by atoms with Crippen molar-refractivity contribution in [1.29, 1.82) is 0 Å². The highest BCUT2D eigenvalue weighted by molar-refractivity contribution is 7.09. The summed E-state index contributed by atoms with van der Waals surface area (Å²) in [4.78, 5) is 7.08. The van der Waals surface area contributed by atoms with E-state index < -0.39 is 0 Å². The Morgan fingerprint density at radius 3 is 2.75 bits per heavy atom. The first kappa shape index (κ1) is 19.6. The first-order valence-corrected chi connectivity index (χ1v) is 10.5. The van der Waals surface area contributed by atoms with E-state index in [1.54, 1.807) is 11.3 Å². The lowest BCUT2D eigenvalue weighted by molar-refractivity contribution is 0.183. The molecular weight excluding hydrogens is 392 g/mol. The van der Waals surface area contributed by atoms with Gasteiger partial charge in [-0.25, -0.2) is 4.98 Å². The van der Waals surface area contributed by atoms with Crippen molar-refractivity contribution in [1.82, 2.24) is 20.4 Å². The Morgan fingerprint density at radius 2 is 2.00 bits per heavy atom. The molecule has 3 heterocycles. The lowest BCUT2D eigenvalue weighted by atomic mass is 9.93. The molecule has 1 spiro atoms. The second-order valence-corrected chi connectivity index (χ2v) is 8.69. The van der Waals surface area contributed by atoms with Crippen LogP contribution in [0.3, 0.4) is 0 Å². The lowest BCUT2D eigenvalue weighted by Crippen LogP contribution is -2.35. The molecule has 0 amide bonds. The van der Waals surface area contributed by atoms with Gasteiger partial charge in [-0.3, -0.25) is 4.90 Å². The molecule has 5 nitrogen and oxygen atoms in total. The van der Waals surface area contributed by atoms with E-state index in [0.717, 1.165) is 43.2 Å². The van der Waals surface area contributed by atoms with Crippen LogP contribution in [0.5, 0.6) is 0 Å². The van der Waals surface area contributed by atoms with E-state index in [1.807, 2.05) is 24.4 Å². The number of halogens is 1. The van der Waals surface area contributed by atoms with Crippen LogP contribution in [-0.2, 0) is 13.1 Å². The second-order valence-electron chi connectivity index (χ2n) is 7.71. The highest BCUT2D eigenvalue weighted by Crippen LogP contribution is 2.56. The standard InChI is InChI=1S/C21H24N4OS.ClH/c1-2-4-16(5-3-1)18-12-17(24-26-18)14-25(15-20-23-10-11-27-20)19-13-21(19)6-8-22-9-7-21;/h1-5,10-12,19,22H,6-9,13-15H2;1H. The summed E-state index contributed by atoms with van der Waals surface area (Å²) >= 11 is 1.74. The van der Waals surface area contributed by atoms with Gasteiger partial charge >= 0.3 is 0 Å². The summed E-state index contributed by atoms with van der Waals surface area (Å²) in [6, 6.07) is 12.9. The number of rotatable bonds is 6. The highest BCUT2D eigenvalue weighted by Gasteiger charge is 2.56. The molecule has 1 saturated heterocycles. The summed E-state index contributed by atoms with van der Waals surface area (Å²) in [6.07, 6.45) is 5.75. The van der Waals surface area contributed by atoms with Gasteiger partial charge in [0.1, 0.15) is 5.01 Å². The summed E-state index contributed by atoms with van der Waals surface area (Å²) in [6.45, 7) is 3.99. The second kappa shape index (κ2) is 8.33. The zero-order valence-electron chi connectivity index (χ0n) is 15.7. The molecule has 1 atom stereocenters. The molecule has 5 rings (SSSR count). The molecule has 2 fully saturated rings. The summed E-state index contributed by atoms with van der Waals surface area (Å²) in [5.41, 5.74) is 2.57. The zero-order chi connectivity index (χ0) is 18.1. The Hall–Kier alpha value is -1.73. The molecule has 0 bridgehead atoms. The zero-order valence-corrected chi connectivity index (χ0v) is 17.3. The topological polar surface area (TPSA) is 54.2 Å². The van der Waals surface area contributed by atoms with Crippen LogP contribution in [0.2, 0.25) is 0 Å². The number of aromatic nitrogens is 2. The molecule has 2 aliphatic rings. The van der Waals surface area contributed by atoms with Crippen molar-refractivity contribution in [2.24, 2.45) is 5.41 Å². The molecule has 148 valence electrons. The summed E-state index contributed by atoms with van der Waals surface area (Å²) < 4.78 is 5.62. The van der Waals surface area contributed by atoms with E-state index >= 15 is 0 Å². The number of piperidine rings is 1. The monoisotopic (exact) mass is 416 g/mol. The quantitative estimate of drug-likeness (QED) is 0.646. The van der Waals surface area contributed by atoms with Gasteiger partial charge in [0.25, 0.3) is 0 Å². The number of nitrogens with one attached hydrogen (secondary N) is 1. The Kier molecular flexibility index (Phi) is 5.83. The number of benzene rings is 1. The van der Waals surface area contributed by atoms with Crippen LogP contribution in [0.4, 0.5) is 0 Å².